The van der Waals surface area contributed by atoms with Crippen LogP contribution in [-0.2, 0) is 0 Å². The Kier molecular flexibility index (Phi) is 6.96. The van der Waals surface area contributed by atoms with Crippen LogP contribution in [0.2, 0.25) is 5.02 Å². The molecule has 0 saturated carbocycles. The van der Waals surface area contributed by atoms with Crippen LogP contribution < -0.4 is 5.32 Å². The number of rotatable bonds is 7. The first kappa shape index (κ1) is 17.9. The van der Waals surface area contributed by atoms with Crippen LogP contribution in [0.4, 0.5) is 0 Å². The summed E-state index contributed by atoms with van der Waals surface area (Å²) >= 11 is 7.83. The van der Waals surface area contributed by atoms with Crippen LogP contribution in [0, 0.1) is 0 Å². The molecule has 1 unspecified atom stereocenters. The van der Waals surface area contributed by atoms with Crippen molar-refractivity contribution in [2.45, 2.75) is 12.5 Å². The van der Waals surface area contributed by atoms with Crippen LogP contribution in [0.5, 0.6) is 0 Å². The van der Waals surface area contributed by atoms with Gasteiger partial charge in [0.15, 0.2) is 0 Å². The van der Waals surface area contributed by atoms with E-state index in [1.807, 2.05) is 48.7 Å². The molecule has 3 nitrogen and oxygen atoms in total. The van der Waals surface area contributed by atoms with E-state index in [1.165, 1.54) is 0 Å². The number of thioether (sulfide) groups is 1. The highest BCUT2D eigenvalue weighted by Crippen LogP contribution is 2.25. The summed E-state index contributed by atoms with van der Waals surface area (Å²) in [5, 5.41) is 12.5. The Balaban J connectivity index is 2.22. The van der Waals surface area contributed by atoms with Crippen molar-refractivity contribution in [2.75, 3.05) is 18.6 Å². The Labute approximate surface area is 146 Å². The maximum Gasteiger partial charge on any atom is 0.253 e. The van der Waals surface area contributed by atoms with Crippen molar-refractivity contribution >= 4 is 29.3 Å². The van der Waals surface area contributed by atoms with Crippen molar-refractivity contribution < 1.29 is 9.90 Å². The Bertz CT molecular complexity index is 643. The van der Waals surface area contributed by atoms with E-state index in [2.05, 4.69) is 5.32 Å². The Morgan fingerprint density at radius 3 is 2.61 bits per heavy atom. The molecule has 1 atom stereocenters. The van der Waals surface area contributed by atoms with E-state index in [-0.39, 0.29) is 18.6 Å². The summed E-state index contributed by atoms with van der Waals surface area (Å²) in [6, 6.07) is 15.2. The standard InChI is InChI=1S/C18H20ClNO2S/c1-23-12-15(9-10-21)20-18(22)16-11-14(7-8-17(16)19)13-5-3-2-4-6-13/h2-8,11,15,21H,9-10,12H2,1H3,(H,20,22). The lowest BCUT2D eigenvalue weighted by molar-refractivity contribution is 0.0935. The summed E-state index contributed by atoms with van der Waals surface area (Å²) in [6.07, 6.45) is 2.50. The van der Waals surface area contributed by atoms with Gasteiger partial charge in [-0.3, -0.25) is 4.79 Å². The Hall–Kier alpha value is -1.49. The number of carbonyl (C=O) groups is 1. The molecule has 0 aliphatic rings. The van der Waals surface area contributed by atoms with Gasteiger partial charge in [-0.05, 0) is 35.9 Å². The number of halogens is 1. The summed E-state index contributed by atoms with van der Waals surface area (Å²) in [4.78, 5) is 12.5. The fourth-order valence-electron chi connectivity index (χ4n) is 2.33. The van der Waals surface area contributed by atoms with Crippen molar-refractivity contribution in [3.63, 3.8) is 0 Å². The number of nitrogens with one attached hydrogen (secondary N) is 1. The number of hydrogen-bond acceptors (Lipinski definition) is 3. The third kappa shape index (κ3) is 4.99. The summed E-state index contributed by atoms with van der Waals surface area (Å²) in [5.41, 5.74) is 2.44. The van der Waals surface area contributed by atoms with Gasteiger partial charge in [0, 0.05) is 18.4 Å². The fourth-order valence-corrected chi connectivity index (χ4v) is 3.18. The van der Waals surface area contributed by atoms with Gasteiger partial charge in [-0.25, -0.2) is 0 Å². The van der Waals surface area contributed by atoms with Crippen LogP contribution in [0.15, 0.2) is 48.5 Å². The van der Waals surface area contributed by atoms with Crippen LogP contribution in [0.25, 0.3) is 11.1 Å². The second-order valence-corrected chi connectivity index (χ2v) is 6.52. The summed E-state index contributed by atoms with van der Waals surface area (Å²) < 4.78 is 0. The molecule has 0 aliphatic carbocycles. The lowest BCUT2D eigenvalue weighted by Crippen LogP contribution is -2.37. The van der Waals surface area contributed by atoms with Crippen LogP contribution in [0.3, 0.4) is 0 Å². The molecule has 2 aromatic rings. The minimum absolute atomic E-state index is 0.0449. The molecule has 0 spiro atoms. The van der Waals surface area contributed by atoms with E-state index in [0.29, 0.717) is 17.0 Å². The topological polar surface area (TPSA) is 49.3 Å². The molecular formula is C18H20ClNO2S. The Morgan fingerprint density at radius 1 is 1.22 bits per heavy atom. The van der Waals surface area contributed by atoms with Crippen LogP contribution in [0.1, 0.15) is 16.8 Å². The lowest BCUT2D eigenvalue weighted by Gasteiger charge is -2.17. The number of carbonyl (C=O) groups excluding carboxylic acids is 1. The smallest absolute Gasteiger partial charge is 0.253 e. The predicted molar refractivity (Wildman–Crippen MR) is 98.2 cm³/mol. The van der Waals surface area contributed by atoms with E-state index in [1.54, 1.807) is 17.8 Å². The normalized spacial score (nSPS) is 12.0. The number of aliphatic hydroxyl groups excluding tert-OH is 1. The highest BCUT2D eigenvalue weighted by atomic mass is 35.5. The summed E-state index contributed by atoms with van der Waals surface area (Å²) in [6.45, 7) is 0.0449. The lowest BCUT2D eigenvalue weighted by atomic mass is 10.0. The van der Waals surface area contributed by atoms with Crippen molar-refractivity contribution in [3.8, 4) is 11.1 Å². The number of aliphatic hydroxyl groups is 1. The maximum absolute atomic E-state index is 12.5. The molecule has 5 heteroatoms. The van der Waals surface area contributed by atoms with Crippen molar-refractivity contribution in [2.24, 2.45) is 0 Å². The van der Waals surface area contributed by atoms with Gasteiger partial charge >= 0.3 is 0 Å². The molecule has 2 aromatic carbocycles. The first-order valence-corrected chi connectivity index (χ1v) is 9.18. The maximum atomic E-state index is 12.5. The molecule has 0 radical (unpaired) electrons. The van der Waals surface area contributed by atoms with Gasteiger partial charge in [0.25, 0.3) is 5.91 Å². The fraction of sp³-hybridized carbons (Fsp3) is 0.278. The minimum Gasteiger partial charge on any atom is -0.396 e. The van der Waals surface area contributed by atoms with Crippen molar-refractivity contribution in [3.05, 3.63) is 59.1 Å². The van der Waals surface area contributed by atoms with Gasteiger partial charge in [0.1, 0.15) is 0 Å². The molecule has 0 saturated heterocycles. The van der Waals surface area contributed by atoms with Crippen molar-refractivity contribution in [1.29, 1.82) is 0 Å². The van der Waals surface area contributed by atoms with Gasteiger partial charge in [-0.1, -0.05) is 48.0 Å². The zero-order valence-electron chi connectivity index (χ0n) is 13.0. The summed E-state index contributed by atoms with van der Waals surface area (Å²) in [5.74, 6) is 0.544. The van der Waals surface area contributed by atoms with Gasteiger partial charge in [-0.2, -0.15) is 11.8 Å². The first-order valence-electron chi connectivity index (χ1n) is 7.41. The second-order valence-electron chi connectivity index (χ2n) is 5.20. The van der Waals surface area contributed by atoms with E-state index in [0.717, 1.165) is 16.9 Å². The number of hydrogen-bond donors (Lipinski definition) is 2. The molecule has 0 fully saturated rings. The van der Waals surface area contributed by atoms with Crippen LogP contribution in [-0.4, -0.2) is 35.7 Å². The zero-order chi connectivity index (χ0) is 16.7. The average molecular weight is 350 g/mol. The predicted octanol–water partition coefficient (Wildman–Crippen LogP) is 3.85. The quantitative estimate of drug-likeness (QED) is 0.798. The monoisotopic (exact) mass is 349 g/mol. The molecule has 2 rings (SSSR count). The zero-order valence-corrected chi connectivity index (χ0v) is 14.5. The molecule has 1 amide bonds. The first-order chi connectivity index (χ1) is 11.2. The molecule has 0 heterocycles. The Morgan fingerprint density at radius 2 is 1.96 bits per heavy atom. The molecule has 0 aromatic heterocycles. The number of amides is 1. The SMILES string of the molecule is CSCC(CCO)NC(=O)c1cc(-c2ccccc2)ccc1Cl. The van der Waals surface area contributed by atoms with Gasteiger partial charge in [0.2, 0.25) is 0 Å². The highest BCUT2D eigenvalue weighted by molar-refractivity contribution is 7.98. The van der Waals surface area contributed by atoms with Crippen LogP contribution >= 0.6 is 23.4 Å². The van der Waals surface area contributed by atoms with E-state index < -0.39 is 0 Å². The molecule has 23 heavy (non-hydrogen) atoms. The third-order valence-corrected chi connectivity index (χ3v) is 4.56. The molecule has 0 bridgehead atoms. The van der Waals surface area contributed by atoms with E-state index in [4.69, 9.17) is 16.7 Å². The third-order valence-electron chi connectivity index (χ3n) is 3.50. The average Bonchev–Trinajstić information content (AvgIpc) is 2.56. The highest BCUT2D eigenvalue weighted by Gasteiger charge is 2.16. The molecule has 0 aliphatic heterocycles. The molecular weight excluding hydrogens is 330 g/mol. The molecule has 2 N–H and O–H groups in total. The van der Waals surface area contributed by atoms with E-state index >= 15 is 0 Å². The summed E-state index contributed by atoms with van der Waals surface area (Å²) in [7, 11) is 0. The second kappa shape index (κ2) is 8.96. The minimum atomic E-state index is -0.208. The van der Waals surface area contributed by atoms with Gasteiger partial charge < -0.3 is 10.4 Å². The largest absolute Gasteiger partial charge is 0.396 e. The number of benzene rings is 2. The van der Waals surface area contributed by atoms with Crippen molar-refractivity contribution in [1.82, 2.24) is 5.32 Å². The van der Waals surface area contributed by atoms with Gasteiger partial charge in [0.05, 0.1) is 10.6 Å². The van der Waals surface area contributed by atoms with Gasteiger partial charge in [-0.15, -0.1) is 0 Å². The molecule has 122 valence electrons. The van der Waals surface area contributed by atoms with E-state index in [9.17, 15) is 4.79 Å².